The predicted molar refractivity (Wildman–Crippen MR) is 86.8 cm³/mol. The van der Waals surface area contributed by atoms with E-state index in [4.69, 9.17) is 16.3 Å². The fraction of sp³-hybridized carbons (Fsp3) is 0.375. The molecule has 1 unspecified atom stereocenters. The van der Waals surface area contributed by atoms with Crippen molar-refractivity contribution in [1.29, 1.82) is 0 Å². The SMILES string of the molecule is ClC(c1ccc2c(c1)COC2)c1cc2c(s1)CCSC2. The highest BCUT2D eigenvalue weighted by Crippen LogP contribution is 2.40. The maximum Gasteiger partial charge on any atom is 0.0928 e. The Morgan fingerprint density at radius 2 is 2.00 bits per heavy atom. The average molecular weight is 323 g/mol. The molecule has 1 nitrogen and oxygen atoms in total. The number of hydrogen-bond donors (Lipinski definition) is 0. The molecule has 2 aliphatic heterocycles. The van der Waals surface area contributed by atoms with Crippen LogP contribution in [0.2, 0.25) is 0 Å². The maximum absolute atomic E-state index is 6.72. The van der Waals surface area contributed by atoms with Crippen LogP contribution in [0.3, 0.4) is 0 Å². The van der Waals surface area contributed by atoms with Crippen molar-refractivity contribution in [3.05, 3.63) is 56.3 Å². The second kappa shape index (κ2) is 5.38. The summed E-state index contributed by atoms with van der Waals surface area (Å²) in [4.78, 5) is 2.83. The highest BCUT2D eigenvalue weighted by Gasteiger charge is 2.21. The molecule has 0 saturated carbocycles. The Hall–Kier alpha value is -0.480. The molecular formula is C16H15ClOS2. The first-order valence-electron chi connectivity index (χ1n) is 6.84. The van der Waals surface area contributed by atoms with Crippen LogP contribution in [0.15, 0.2) is 24.3 Å². The third-order valence-electron chi connectivity index (χ3n) is 3.93. The summed E-state index contributed by atoms with van der Waals surface area (Å²) in [5.74, 6) is 2.39. The standard InChI is InChI=1S/C16H15ClOS2/c17-16(10-1-2-11-7-18-8-12(11)5-10)15-6-13-9-19-4-3-14(13)20-15/h1-2,5-6,16H,3-4,7-9H2. The predicted octanol–water partition coefficient (Wildman–Crippen LogP) is 4.90. The number of rotatable bonds is 2. The van der Waals surface area contributed by atoms with E-state index in [1.54, 1.807) is 0 Å². The summed E-state index contributed by atoms with van der Waals surface area (Å²) < 4.78 is 5.48. The van der Waals surface area contributed by atoms with Crippen LogP contribution in [0.4, 0.5) is 0 Å². The second-order valence-electron chi connectivity index (χ2n) is 5.28. The van der Waals surface area contributed by atoms with E-state index in [0.29, 0.717) is 0 Å². The van der Waals surface area contributed by atoms with Crippen molar-refractivity contribution in [2.75, 3.05) is 5.75 Å². The first kappa shape index (κ1) is 13.2. The van der Waals surface area contributed by atoms with Gasteiger partial charge in [-0.1, -0.05) is 18.2 Å². The maximum atomic E-state index is 6.72. The molecule has 104 valence electrons. The highest BCUT2D eigenvalue weighted by molar-refractivity contribution is 7.98. The number of hydrogen-bond acceptors (Lipinski definition) is 3. The Kier molecular flexibility index (Phi) is 3.55. The lowest BCUT2D eigenvalue weighted by Crippen LogP contribution is -1.96. The van der Waals surface area contributed by atoms with Crippen molar-refractivity contribution >= 4 is 34.7 Å². The largest absolute Gasteiger partial charge is 0.372 e. The lowest BCUT2D eigenvalue weighted by Gasteiger charge is -2.09. The van der Waals surface area contributed by atoms with E-state index in [1.807, 2.05) is 23.1 Å². The van der Waals surface area contributed by atoms with Gasteiger partial charge in [0.25, 0.3) is 0 Å². The topological polar surface area (TPSA) is 9.23 Å². The summed E-state index contributed by atoms with van der Waals surface area (Å²) in [6, 6.07) is 8.84. The number of aryl methyl sites for hydroxylation is 1. The molecule has 0 N–H and O–H groups in total. The first-order valence-corrected chi connectivity index (χ1v) is 9.25. The van der Waals surface area contributed by atoms with E-state index >= 15 is 0 Å². The van der Waals surface area contributed by atoms with Gasteiger partial charge in [0.15, 0.2) is 0 Å². The molecule has 0 amide bonds. The van der Waals surface area contributed by atoms with Crippen molar-refractivity contribution in [2.24, 2.45) is 0 Å². The van der Waals surface area contributed by atoms with E-state index in [1.165, 1.54) is 44.2 Å². The highest BCUT2D eigenvalue weighted by atomic mass is 35.5. The summed E-state index contributed by atoms with van der Waals surface area (Å²) in [5.41, 5.74) is 5.29. The molecule has 0 bridgehead atoms. The molecule has 1 aromatic carbocycles. The normalized spacial score (nSPS) is 18.6. The molecule has 20 heavy (non-hydrogen) atoms. The molecule has 2 aliphatic rings. The van der Waals surface area contributed by atoms with Gasteiger partial charge in [-0.25, -0.2) is 0 Å². The minimum absolute atomic E-state index is 0.0264. The third-order valence-corrected chi connectivity index (χ3v) is 6.86. The number of ether oxygens (including phenoxy) is 1. The average Bonchev–Trinajstić information content (AvgIpc) is 3.11. The Balaban J connectivity index is 1.66. The van der Waals surface area contributed by atoms with Gasteiger partial charge in [0.05, 0.1) is 18.6 Å². The van der Waals surface area contributed by atoms with E-state index in [0.717, 1.165) is 19.0 Å². The molecule has 0 radical (unpaired) electrons. The van der Waals surface area contributed by atoms with Gasteiger partial charge < -0.3 is 4.74 Å². The van der Waals surface area contributed by atoms with Crippen LogP contribution in [-0.2, 0) is 30.1 Å². The van der Waals surface area contributed by atoms with Crippen LogP contribution in [-0.4, -0.2) is 5.75 Å². The summed E-state index contributed by atoms with van der Waals surface area (Å²) in [5, 5.41) is -0.0264. The van der Waals surface area contributed by atoms with E-state index < -0.39 is 0 Å². The van der Waals surface area contributed by atoms with Gasteiger partial charge in [-0.15, -0.1) is 22.9 Å². The molecular weight excluding hydrogens is 308 g/mol. The fourth-order valence-electron chi connectivity index (χ4n) is 2.81. The van der Waals surface area contributed by atoms with Gasteiger partial charge in [-0.3, -0.25) is 0 Å². The number of thioether (sulfide) groups is 1. The molecule has 1 aromatic heterocycles. The molecule has 4 rings (SSSR count). The zero-order valence-corrected chi connectivity index (χ0v) is 13.4. The van der Waals surface area contributed by atoms with Crippen molar-refractivity contribution in [3.63, 3.8) is 0 Å². The zero-order valence-electron chi connectivity index (χ0n) is 11.0. The van der Waals surface area contributed by atoms with Crippen LogP contribution >= 0.6 is 34.7 Å². The van der Waals surface area contributed by atoms with Gasteiger partial charge in [0.2, 0.25) is 0 Å². The van der Waals surface area contributed by atoms with Crippen molar-refractivity contribution in [1.82, 2.24) is 0 Å². The Morgan fingerprint density at radius 3 is 2.90 bits per heavy atom. The van der Waals surface area contributed by atoms with Gasteiger partial charge in [0.1, 0.15) is 0 Å². The lowest BCUT2D eigenvalue weighted by atomic mass is 10.0. The second-order valence-corrected chi connectivity index (χ2v) is 7.99. The number of thiophene rings is 1. The molecule has 3 heterocycles. The van der Waals surface area contributed by atoms with Gasteiger partial charge in [-0.05, 0) is 40.5 Å². The van der Waals surface area contributed by atoms with E-state index in [9.17, 15) is 0 Å². The van der Waals surface area contributed by atoms with Crippen LogP contribution in [0.5, 0.6) is 0 Å². The Labute approximate surface area is 132 Å². The Morgan fingerprint density at radius 1 is 1.10 bits per heavy atom. The monoisotopic (exact) mass is 322 g/mol. The van der Waals surface area contributed by atoms with E-state index in [-0.39, 0.29) is 5.38 Å². The fourth-order valence-corrected chi connectivity index (χ4v) is 5.52. The van der Waals surface area contributed by atoms with Crippen molar-refractivity contribution in [3.8, 4) is 0 Å². The molecule has 0 fully saturated rings. The van der Waals surface area contributed by atoms with Gasteiger partial charge >= 0.3 is 0 Å². The molecule has 0 spiro atoms. The van der Waals surface area contributed by atoms with Crippen LogP contribution in [0, 0.1) is 0 Å². The van der Waals surface area contributed by atoms with Crippen molar-refractivity contribution in [2.45, 2.75) is 30.8 Å². The lowest BCUT2D eigenvalue weighted by molar-refractivity contribution is 0.134. The van der Waals surface area contributed by atoms with Crippen LogP contribution < -0.4 is 0 Å². The summed E-state index contributed by atoms with van der Waals surface area (Å²) in [6.07, 6.45) is 1.20. The quantitative estimate of drug-likeness (QED) is 0.728. The number of fused-ring (bicyclic) bond motifs is 2. The van der Waals surface area contributed by atoms with Crippen LogP contribution in [0.25, 0.3) is 0 Å². The molecule has 4 heteroatoms. The van der Waals surface area contributed by atoms with Crippen LogP contribution in [0.1, 0.15) is 37.4 Å². The number of benzene rings is 1. The minimum atomic E-state index is -0.0264. The molecule has 0 aliphatic carbocycles. The number of alkyl halides is 1. The number of halogens is 1. The van der Waals surface area contributed by atoms with Gasteiger partial charge in [-0.2, -0.15) is 11.8 Å². The minimum Gasteiger partial charge on any atom is -0.372 e. The summed E-state index contributed by atoms with van der Waals surface area (Å²) in [7, 11) is 0. The molecule has 2 aromatic rings. The Bertz CT molecular complexity index is 626. The first-order chi connectivity index (χ1) is 9.81. The smallest absolute Gasteiger partial charge is 0.0928 e. The van der Waals surface area contributed by atoms with Gasteiger partial charge in [0, 0.05) is 15.5 Å². The third kappa shape index (κ3) is 2.31. The zero-order chi connectivity index (χ0) is 13.5. The van der Waals surface area contributed by atoms with E-state index in [2.05, 4.69) is 24.3 Å². The van der Waals surface area contributed by atoms with Crippen molar-refractivity contribution < 1.29 is 4.74 Å². The molecule has 0 saturated heterocycles. The molecule has 1 atom stereocenters. The summed E-state index contributed by atoms with van der Waals surface area (Å²) >= 11 is 10.6. The summed E-state index contributed by atoms with van der Waals surface area (Å²) in [6.45, 7) is 1.47.